The van der Waals surface area contributed by atoms with Crippen molar-refractivity contribution in [2.45, 2.75) is 70.4 Å². The molecule has 192 valence electrons. The van der Waals surface area contributed by atoms with Crippen LogP contribution in [0.15, 0.2) is 30.3 Å². The lowest BCUT2D eigenvalue weighted by Gasteiger charge is -2.27. The van der Waals surface area contributed by atoms with Crippen LogP contribution in [0.25, 0.3) is 22.4 Å². The molecule has 36 heavy (non-hydrogen) atoms. The normalized spacial score (nSPS) is 21.0. The van der Waals surface area contributed by atoms with Gasteiger partial charge in [0.2, 0.25) is 0 Å². The molecule has 2 aliphatic carbocycles. The lowest BCUT2D eigenvalue weighted by molar-refractivity contribution is -0.135. The Balaban J connectivity index is 1.45. The van der Waals surface area contributed by atoms with Crippen molar-refractivity contribution >= 4 is 29.1 Å². The van der Waals surface area contributed by atoms with Gasteiger partial charge in [0.1, 0.15) is 17.7 Å². The standard InChI is InChI=1S/C28H31ClF2N2O3/c29-20-8-11-22(27(12-20)35-16-19-6-9-21(10-7-19)36-17-34)28-32-25-13-23(30)24(31)14-26(25)33(28)15-18-4-2-1-3-5-18/h8,11-14,17-19,21H,1-7,9-10,15-16H2. The molecule has 2 aliphatic rings. The van der Waals surface area contributed by atoms with Crippen molar-refractivity contribution in [3.8, 4) is 17.1 Å². The molecule has 0 N–H and O–H groups in total. The molecule has 8 heteroatoms. The molecule has 1 aromatic heterocycles. The van der Waals surface area contributed by atoms with E-state index in [1.165, 1.54) is 31.4 Å². The van der Waals surface area contributed by atoms with Crippen LogP contribution in [0.5, 0.6) is 5.75 Å². The number of fused-ring (bicyclic) bond motifs is 1. The predicted molar refractivity (Wildman–Crippen MR) is 135 cm³/mol. The maximum atomic E-state index is 14.3. The summed E-state index contributed by atoms with van der Waals surface area (Å²) in [5.41, 5.74) is 1.77. The number of hydrogen-bond acceptors (Lipinski definition) is 4. The van der Waals surface area contributed by atoms with E-state index in [9.17, 15) is 13.6 Å². The highest BCUT2D eigenvalue weighted by molar-refractivity contribution is 6.30. The van der Waals surface area contributed by atoms with Gasteiger partial charge in [0.15, 0.2) is 11.6 Å². The first-order chi connectivity index (χ1) is 17.5. The zero-order chi connectivity index (χ0) is 25.1. The molecule has 1 heterocycles. The number of aromatic nitrogens is 2. The number of hydrogen-bond donors (Lipinski definition) is 0. The molecule has 0 atom stereocenters. The number of carbonyl (C=O) groups is 1. The fourth-order valence-corrected chi connectivity index (χ4v) is 5.82. The third-order valence-electron chi connectivity index (χ3n) is 7.66. The highest BCUT2D eigenvalue weighted by atomic mass is 35.5. The van der Waals surface area contributed by atoms with Crippen LogP contribution in [-0.4, -0.2) is 28.7 Å². The lowest BCUT2D eigenvalue weighted by Crippen LogP contribution is -2.24. The van der Waals surface area contributed by atoms with Gasteiger partial charge in [-0.1, -0.05) is 30.9 Å². The Bertz CT molecular complexity index is 1220. The third-order valence-corrected chi connectivity index (χ3v) is 7.89. The topological polar surface area (TPSA) is 53.4 Å². The van der Waals surface area contributed by atoms with Crippen molar-refractivity contribution in [1.82, 2.24) is 9.55 Å². The van der Waals surface area contributed by atoms with E-state index in [4.69, 9.17) is 26.1 Å². The summed E-state index contributed by atoms with van der Waals surface area (Å²) in [4.78, 5) is 15.4. The van der Waals surface area contributed by atoms with Gasteiger partial charge in [0.05, 0.1) is 23.2 Å². The second kappa shape index (κ2) is 11.2. The minimum absolute atomic E-state index is 0.0130. The van der Waals surface area contributed by atoms with E-state index in [0.29, 0.717) is 59.1 Å². The summed E-state index contributed by atoms with van der Waals surface area (Å²) in [7, 11) is 0. The molecule has 0 amide bonds. The van der Waals surface area contributed by atoms with E-state index < -0.39 is 11.6 Å². The summed E-state index contributed by atoms with van der Waals surface area (Å²) in [5, 5.41) is 0.545. The van der Waals surface area contributed by atoms with E-state index in [1.807, 2.05) is 10.6 Å². The minimum atomic E-state index is -0.905. The second-order valence-corrected chi connectivity index (χ2v) is 10.6. The summed E-state index contributed by atoms with van der Waals surface area (Å²) in [6.07, 6.45) is 9.29. The molecule has 2 saturated carbocycles. The van der Waals surface area contributed by atoms with E-state index in [1.54, 1.807) is 12.1 Å². The average Bonchev–Trinajstić information content (AvgIpc) is 3.21. The molecule has 2 fully saturated rings. The highest BCUT2D eigenvalue weighted by Gasteiger charge is 2.25. The van der Waals surface area contributed by atoms with Crippen molar-refractivity contribution in [1.29, 1.82) is 0 Å². The van der Waals surface area contributed by atoms with Gasteiger partial charge in [-0.15, -0.1) is 0 Å². The Kier molecular flexibility index (Phi) is 7.75. The first-order valence-corrected chi connectivity index (χ1v) is 13.3. The van der Waals surface area contributed by atoms with E-state index in [0.717, 1.165) is 44.1 Å². The molecule has 5 rings (SSSR count). The largest absolute Gasteiger partial charge is 0.492 e. The van der Waals surface area contributed by atoms with Gasteiger partial charge in [-0.3, -0.25) is 4.79 Å². The van der Waals surface area contributed by atoms with Crippen LogP contribution < -0.4 is 4.74 Å². The Morgan fingerprint density at radius 3 is 2.47 bits per heavy atom. The Morgan fingerprint density at radius 1 is 0.972 bits per heavy atom. The number of carbonyl (C=O) groups excluding carboxylic acids is 1. The van der Waals surface area contributed by atoms with E-state index in [-0.39, 0.29) is 6.10 Å². The number of imidazole rings is 1. The van der Waals surface area contributed by atoms with Crippen LogP contribution in [-0.2, 0) is 16.1 Å². The molecule has 0 bridgehead atoms. The van der Waals surface area contributed by atoms with Crippen LogP contribution in [0, 0.1) is 23.5 Å². The summed E-state index contributed by atoms with van der Waals surface area (Å²) in [6.45, 7) is 1.73. The smallest absolute Gasteiger partial charge is 0.293 e. The van der Waals surface area contributed by atoms with Crippen molar-refractivity contribution in [3.63, 3.8) is 0 Å². The maximum Gasteiger partial charge on any atom is 0.293 e. The van der Waals surface area contributed by atoms with E-state index in [2.05, 4.69) is 0 Å². The molecular formula is C28H31ClF2N2O3. The van der Waals surface area contributed by atoms with Crippen molar-refractivity contribution in [2.24, 2.45) is 11.8 Å². The van der Waals surface area contributed by atoms with Gasteiger partial charge >= 0.3 is 0 Å². The molecule has 0 saturated heterocycles. The second-order valence-electron chi connectivity index (χ2n) is 10.1. The maximum absolute atomic E-state index is 14.3. The van der Waals surface area contributed by atoms with Gasteiger partial charge in [-0.05, 0) is 68.6 Å². The van der Waals surface area contributed by atoms with Gasteiger partial charge in [0, 0.05) is 23.7 Å². The zero-order valence-electron chi connectivity index (χ0n) is 20.2. The molecular weight excluding hydrogens is 486 g/mol. The molecule has 3 aromatic rings. The Morgan fingerprint density at radius 2 is 1.72 bits per heavy atom. The highest BCUT2D eigenvalue weighted by Crippen LogP contribution is 2.37. The first-order valence-electron chi connectivity index (χ1n) is 12.9. The SMILES string of the molecule is O=COC1CCC(COc2cc(Cl)ccc2-c2nc3cc(F)c(F)cc3n2CC2CCCCC2)CC1. The Labute approximate surface area is 214 Å². The van der Waals surface area contributed by atoms with Gasteiger partial charge in [-0.2, -0.15) is 0 Å². The Hall–Kier alpha value is -2.67. The molecule has 0 aliphatic heterocycles. The van der Waals surface area contributed by atoms with Crippen LogP contribution in [0.3, 0.4) is 0 Å². The lowest BCUT2D eigenvalue weighted by atomic mass is 9.88. The van der Waals surface area contributed by atoms with Crippen LogP contribution in [0.1, 0.15) is 57.8 Å². The quantitative estimate of drug-likeness (QED) is 0.294. The monoisotopic (exact) mass is 516 g/mol. The summed E-state index contributed by atoms with van der Waals surface area (Å²) in [5.74, 6) is 0.264. The average molecular weight is 517 g/mol. The van der Waals surface area contributed by atoms with Gasteiger partial charge in [0.25, 0.3) is 6.47 Å². The number of rotatable bonds is 8. The van der Waals surface area contributed by atoms with E-state index >= 15 is 0 Å². The predicted octanol–water partition coefficient (Wildman–Crippen LogP) is 7.33. The summed E-state index contributed by atoms with van der Waals surface area (Å²) in [6, 6.07) is 7.86. The van der Waals surface area contributed by atoms with Gasteiger partial charge < -0.3 is 14.0 Å². The number of ether oxygens (including phenoxy) is 2. The number of nitrogens with zero attached hydrogens (tertiary/aromatic N) is 2. The zero-order valence-corrected chi connectivity index (χ0v) is 21.0. The third kappa shape index (κ3) is 5.51. The number of halogens is 3. The summed E-state index contributed by atoms with van der Waals surface area (Å²) < 4.78 is 41.8. The molecule has 0 unspecified atom stereocenters. The molecule has 0 spiro atoms. The van der Waals surface area contributed by atoms with Crippen molar-refractivity contribution in [3.05, 3.63) is 47.0 Å². The molecule has 0 radical (unpaired) electrons. The minimum Gasteiger partial charge on any atom is -0.492 e. The fourth-order valence-electron chi connectivity index (χ4n) is 5.66. The van der Waals surface area contributed by atoms with Crippen molar-refractivity contribution < 1.29 is 23.0 Å². The van der Waals surface area contributed by atoms with Gasteiger partial charge in [-0.25, -0.2) is 13.8 Å². The van der Waals surface area contributed by atoms with Crippen LogP contribution >= 0.6 is 11.6 Å². The summed E-state index contributed by atoms with van der Waals surface area (Å²) >= 11 is 6.34. The van der Waals surface area contributed by atoms with Crippen molar-refractivity contribution in [2.75, 3.05) is 6.61 Å². The molecule has 5 nitrogen and oxygen atoms in total. The molecule has 2 aromatic carbocycles. The van der Waals surface area contributed by atoms with Crippen LogP contribution in [0.4, 0.5) is 8.78 Å². The fraction of sp³-hybridized carbons (Fsp3) is 0.500. The number of benzene rings is 2. The first kappa shape index (κ1) is 25.0. The van der Waals surface area contributed by atoms with Crippen LogP contribution in [0.2, 0.25) is 5.02 Å².